The lowest BCUT2D eigenvalue weighted by Crippen LogP contribution is -2.33. The quantitative estimate of drug-likeness (QED) is 0.337. The molecular weight excluding hydrogens is 497 g/mol. The molecule has 5 rings (SSSR count). The summed E-state index contributed by atoms with van der Waals surface area (Å²) in [5.41, 5.74) is 2.31. The number of Topliss-reactive ketones (excluding diaryl/α,β-unsaturated/α-hetero) is 1. The number of aromatic amines is 1. The van der Waals surface area contributed by atoms with E-state index in [9.17, 15) is 14.0 Å². The molecule has 0 amide bonds. The monoisotopic (exact) mass is 523 g/mol. The number of halogens is 1. The molecule has 1 unspecified atom stereocenters. The second kappa shape index (κ2) is 10.3. The van der Waals surface area contributed by atoms with Gasteiger partial charge in [-0.1, -0.05) is 36.0 Å². The molecule has 0 bridgehead atoms. The maximum absolute atomic E-state index is 14.1. The first-order chi connectivity index (χ1) is 18.0. The molecule has 2 N–H and O–H groups in total. The van der Waals surface area contributed by atoms with Gasteiger partial charge in [-0.2, -0.15) is 0 Å². The number of thioether (sulfide) groups is 1. The minimum absolute atomic E-state index is 0.0290. The number of methoxy groups -OCH3 is 3. The van der Waals surface area contributed by atoms with Gasteiger partial charge in [0.15, 0.2) is 22.4 Å². The number of ether oxygens (including phenoxy) is 3. The zero-order valence-corrected chi connectivity index (χ0v) is 21.5. The number of ketones is 1. The second-order valence-electron chi connectivity index (χ2n) is 8.66. The number of carbonyl (C=O) groups is 1. The van der Waals surface area contributed by atoms with Gasteiger partial charge in [-0.05, 0) is 30.5 Å². The van der Waals surface area contributed by atoms with Crippen molar-refractivity contribution < 1.29 is 23.4 Å². The number of benzene rings is 2. The molecule has 37 heavy (non-hydrogen) atoms. The fourth-order valence-electron chi connectivity index (χ4n) is 4.93. The number of allylic oxidation sites excluding steroid dienone is 2. The number of nitrogens with one attached hydrogen (secondary N) is 2. The van der Waals surface area contributed by atoms with Crippen LogP contribution in [0.4, 0.5) is 10.2 Å². The maximum atomic E-state index is 14.1. The van der Waals surface area contributed by atoms with Gasteiger partial charge >= 0.3 is 0 Å². The molecule has 0 fully saturated rings. The van der Waals surface area contributed by atoms with Gasteiger partial charge in [0.05, 0.1) is 32.8 Å². The van der Waals surface area contributed by atoms with Gasteiger partial charge < -0.3 is 24.5 Å². The van der Waals surface area contributed by atoms with Crippen molar-refractivity contribution in [3.8, 4) is 17.2 Å². The van der Waals surface area contributed by atoms with Crippen molar-refractivity contribution >= 4 is 23.4 Å². The van der Waals surface area contributed by atoms with E-state index in [1.807, 2.05) is 0 Å². The van der Waals surface area contributed by atoms with Crippen LogP contribution in [0.3, 0.4) is 0 Å². The van der Waals surface area contributed by atoms with E-state index < -0.39 is 5.92 Å². The molecule has 192 valence electrons. The molecule has 8 nitrogen and oxygen atoms in total. The van der Waals surface area contributed by atoms with Gasteiger partial charge in [-0.25, -0.2) is 9.37 Å². The Hall–Kier alpha value is -3.79. The van der Waals surface area contributed by atoms with Crippen molar-refractivity contribution in [1.82, 2.24) is 9.97 Å². The van der Waals surface area contributed by atoms with Gasteiger partial charge in [-0.15, -0.1) is 0 Å². The highest BCUT2D eigenvalue weighted by molar-refractivity contribution is 7.98. The SMILES string of the molecule is COc1ccc(C2C3=C(CCCC3=O)Nc3nc(SCc4ccccc4F)[nH]c(=O)c32)c(OC)c1OC. The zero-order valence-electron chi connectivity index (χ0n) is 20.6. The standard InChI is InChI=1S/C27H26FN3O5S/c1-34-19-12-11-15(23(35-2)24(19)36-3)20-21-17(9-6-10-18(21)32)29-25-22(20)26(33)31-27(30-25)37-13-14-7-4-5-8-16(14)28/h4-5,7-8,11-12,20H,6,9-10,13H2,1-3H3,(H2,29,30,31,33). The minimum atomic E-state index is -0.712. The molecule has 0 saturated carbocycles. The molecule has 2 aromatic carbocycles. The third-order valence-electron chi connectivity index (χ3n) is 6.60. The van der Waals surface area contributed by atoms with Gasteiger partial charge in [0.1, 0.15) is 11.6 Å². The van der Waals surface area contributed by atoms with Crippen LogP contribution in [0, 0.1) is 5.82 Å². The number of hydrogen-bond donors (Lipinski definition) is 2. The second-order valence-corrected chi connectivity index (χ2v) is 9.63. The molecule has 2 aliphatic rings. The van der Waals surface area contributed by atoms with Crippen LogP contribution in [0.1, 0.15) is 41.9 Å². The van der Waals surface area contributed by atoms with E-state index in [1.54, 1.807) is 30.3 Å². The van der Waals surface area contributed by atoms with Crippen LogP contribution in [0.25, 0.3) is 0 Å². The van der Waals surface area contributed by atoms with Crippen LogP contribution < -0.4 is 25.1 Å². The van der Waals surface area contributed by atoms with Crippen LogP contribution >= 0.6 is 11.8 Å². The fraction of sp³-hybridized carbons (Fsp3) is 0.296. The molecule has 0 spiro atoms. The highest BCUT2D eigenvalue weighted by Gasteiger charge is 2.40. The van der Waals surface area contributed by atoms with Crippen molar-refractivity contribution in [1.29, 1.82) is 0 Å². The molecule has 1 aromatic heterocycles. The van der Waals surface area contributed by atoms with Crippen molar-refractivity contribution in [2.45, 2.75) is 36.1 Å². The summed E-state index contributed by atoms with van der Waals surface area (Å²) in [6, 6.07) is 10.0. The lowest BCUT2D eigenvalue weighted by atomic mass is 9.76. The molecular formula is C27H26FN3O5S. The molecule has 0 radical (unpaired) electrons. The Morgan fingerprint density at radius 3 is 2.54 bits per heavy atom. The molecule has 2 heterocycles. The summed E-state index contributed by atoms with van der Waals surface area (Å²) in [5.74, 6) is 0.826. The minimum Gasteiger partial charge on any atom is -0.493 e. The summed E-state index contributed by atoms with van der Waals surface area (Å²) >= 11 is 1.23. The summed E-state index contributed by atoms with van der Waals surface area (Å²) in [4.78, 5) is 34.3. The van der Waals surface area contributed by atoms with Crippen molar-refractivity contribution in [2.24, 2.45) is 0 Å². The zero-order chi connectivity index (χ0) is 26.1. The van der Waals surface area contributed by atoms with E-state index in [0.717, 1.165) is 5.70 Å². The summed E-state index contributed by atoms with van der Waals surface area (Å²) in [6.07, 6.45) is 1.75. The average molecular weight is 524 g/mol. The van der Waals surface area contributed by atoms with Crippen LogP contribution in [-0.2, 0) is 10.5 Å². The Kier molecular flexibility index (Phi) is 6.92. The van der Waals surface area contributed by atoms with E-state index in [0.29, 0.717) is 75.5 Å². The van der Waals surface area contributed by atoms with Crippen LogP contribution in [0.15, 0.2) is 57.6 Å². The van der Waals surface area contributed by atoms with E-state index in [-0.39, 0.29) is 17.2 Å². The first-order valence-electron chi connectivity index (χ1n) is 11.8. The number of carbonyl (C=O) groups excluding carboxylic acids is 1. The molecule has 3 aromatic rings. The summed E-state index contributed by atoms with van der Waals surface area (Å²) in [5, 5.41) is 3.60. The number of hydrogen-bond acceptors (Lipinski definition) is 8. The van der Waals surface area contributed by atoms with E-state index >= 15 is 0 Å². The molecule has 0 saturated heterocycles. The summed E-state index contributed by atoms with van der Waals surface area (Å²) < 4.78 is 30.8. The lowest BCUT2D eigenvalue weighted by molar-refractivity contribution is -0.116. The van der Waals surface area contributed by atoms with E-state index in [1.165, 1.54) is 39.2 Å². The number of nitrogens with zero attached hydrogens (tertiary/aromatic N) is 1. The van der Waals surface area contributed by atoms with Crippen molar-refractivity contribution in [3.63, 3.8) is 0 Å². The van der Waals surface area contributed by atoms with Gasteiger partial charge in [0, 0.05) is 29.0 Å². The molecule has 1 aliphatic carbocycles. The molecule has 1 aliphatic heterocycles. The molecule has 10 heteroatoms. The first-order valence-corrected chi connectivity index (χ1v) is 12.8. The number of rotatable bonds is 7. The Balaban J connectivity index is 1.64. The van der Waals surface area contributed by atoms with E-state index in [4.69, 9.17) is 14.2 Å². The van der Waals surface area contributed by atoms with Crippen molar-refractivity contribution in [2.75, 3.05) is 26.6 Å². The lowest BCUT2D eigenvalue weighted by Gasteiger charge is -2.33. The Bertz CT molecular complexity index is 1470. The third-order valence-corrected chi connectivity index (χ3v) is 7.53. The first kappa shape index (κ1) is 24.9. The smallest absolute Gasteiger partial charge is 0.257 e. The van der Waals surface area contributed by atoms with E-state index in [2.05, 4.69) is 15.3 Å². The van der Waals surface area contributed by atoms with Crippen molar-refractivity contribution in [3.05, 3.63) is 80.5 Å². The normalized spacial score (nSPS) is 16.5. The van der Waals surface area contributed by atoms with Gasteiger partial charge in [0.25, 0.3) is 5.56 Å². The highest BCUT2D eigenvalue weighted by atomic mass is 32.2. The maximum Gasteiger partial charge on any atom is 0.257 e. The number of anilines is 1. The summed E-state index contributed by atoms with van der Waals surface area (Å²) in [6.45, 7) is 0. The largest absolute Gasteiger partial charge is 0.493 e. The number of fused-ring (bicyclic) bond motifs is 1. The molecule has 1 atom stereocenters. The van der Waals surface area contributed by atoms with Gasteiger partial charge in [0.2, 0.25) is 5.75 Å². The highest BCUT2D eigenvalue weighted by Crippen LogP contribution is 2.50. The van der Waals surface area contributed by atoms with Crippen LogP contribution in [0.5, 0.6) is 17.2 Å². The Morgan fingerprint density at radius 2 is 1.81 bits per heavy atom. The van der Waals surface area contributed by atoms with Crippen LogP contribution in [-0.4, -0.2) is 37.1 Å². The topological polar surface area (TPSA) is 103 Å². The van der Waals surface area contributed by atoms with Gasteiger partial charge in [-0.3, -0.25) is 9.59 Å². The fourth-order valence-corrected chi connectivity index (χ4v) is 5.78. The number of aromatic nitrogens is 2. The van der Waals surface area contributed by atoms with Crippen LogP contribution in [0.2, 0.25) is 0 Å². The average Bonchev–Trinajstić information content (AvgIpc) is 2.90. The third kappa shape index (κ3) is 4.46. The summed E-state index contributed by atoms with van der Waals surface area (Å²) in [7, 11) is 4.54. The predicted octanol–water partition coefficient (Wildman–Crippen LogP) is 4.79. The Labute approximate surface area is 217 Å². The Morgan fingerprint density at radius 1 is 1.03 bits per heavy atom. The number of H-pyrrole nitrogens is 1. The predicted molar refractivity (Wildman–Crippen MR) is 138 cm³/mol.